The van der Waals surface area contributed by atoms with Crippen LogP contribution in [0.4, 0.5) is 0 Å². The number of rotatable bonds is 3. The second kappa shape index (κ2) is 5.78. The monoisotopic (exact) mass is 299 g/mol. The standard InChI is InChI=1S/C16H21N5O/c1-11-18-16(20-19-11)14-8-12-5-7-21(10-15(12)22-14)9-13-4-2-3-6-17-13/h2-4,6,12,14-15H,5,7-10H2,1H3,(H,18,19,20)/t12-,14+,15+/m1/s1. The first-order valence-corrected chi connectivity index (χ1v) is 7.94. The molecule has 0 aromatic carbocycles. The highest BCUT2D eigenvalue weighted by Gasteiger charge is 2.40. The van der Waals surface area contributed by atoms with Crippen molar-refractivity contribution in [3.8, 4) is 0 Å². The Morgan fingerprint density at radius 3 is 3.14 bits per heavy atom. The van der Waals surface area contributed by atoms with Crippen molar-refractivity contribution in [2.24, 2.45) is 5.92 Å². The van der Waals surface area contributed by atoms with Crippen molar-refractivity contribution in [1.82, 2.24) is 25.1 Å². The maximum Gasteiger partial charge on any atom is 0.179 e. The molecule has 2 aliphatic heterocycles. The zero-order valence-electron chi connectivity index (χ0n) is 12.8. The van der Waals surface area contributed by atoms with Crippen molar-refractivity contribution in [1.29, 1.82) is 0 Å². The predicted molar refractivity (Wildman–Crippen MR) is 81.0 cm³/mol. The van der Waals surface area contributed by atoms with Crippen LogP contribution in [0.2, 0.25) is 0 Å². The third-order valence-electron chi connectivity index (χ3n) is 4.65. The summed E-state index contributed by atoms with van der Waals surface area (Å²) in [6.07, 6.45) is 4.42. The number of nitrogens with zero attached hydrogens (tertiary/aromatic N) is 4. The van der Waals surface area contributed by atoms with Gasteiger partial charge in [0, 0.05) is 19.3 Å². The van der Waals surface area contributed by atoms with E-state index in [1.807, 2.05) is 25.3 Å². The van der Waals surface area contributed by atoms with Gasteiger partial charge in [-0.15, -0.1) is 0 Å². The van der Waals surface area contributed by atoms with E-state index in [0.29, 0.717) is 12.0 Å². The molecule has 2 aliphatic rings. The first-order chi connectivity index (χ1) is 10.8. The topological polar surface area (TPSA) is 66.9 Å². The minimum atomic E-state index is 0.0507. The molecule has 2 aromatic rings. The number of nitrogens with one attached hydrogen (secondary N) is 1. The van der Waals surface area contributed by atoms with Crippen LogP contribution in [-0.2, 0) is 11.3 Å². The number of H-pyrrole nitrogens is 1. The average Bonchev–Trinajstić information content (AvgIpc) is 3.14. The second-order valence-corrected chi connectivity index (χ2v) is 6.28. The van der Waals surface area contributed by atoms with Gasteiger partial charge in [0.2, 0.25) is 0 Å². The lowest BCUT2D eigenvalue weighted by atomic mass is 9.91. The van der Waals surface area contributed by atoms with Gasteiger partial charge < -0.3 is 4.74 Å². The summed E-state index contributed by atoms with van der Waals surface area (Å²) in [4.78, 5) is 11.3. The number of pyridine rings is 1. The lowest BCUT2D eigenvalue weighted by molar-refractivity contribution is -0.0121. The number of piperidine rings is 1. The van der Waals surface area contributed by atoms with E-state index in [9.17, 15) is 0 Å². The Balaban J connectivity index is 1.39. The van der Waals surface area contributed by atoms with Crippen molar-refractivity contribution in [3.63, 3.8) is 0 Å². The number of aromatic nitrogens is 4. The molecule has 2 fully saturated rings. The summed E-state index contributed by atoms with van der Waals surface area (Å²) in [5.74, 6) is 2.29. The van der Waals surface area contributed by atoms with Crippen LogP contribution in [0.1, 0.15) is 36.3 Å². The van der Waals surface area contributed by atoms with Crippen molar-refractivity contribution in [2.45, 2.75) is 38.5 Å². The SMILES string of the molecule is Cc1nc([C@@H]2C[C@H]3CCN(Cc4ccccn4)C[C@@H]3O2)n[nH]1. The van der Waals surface area contributed by atoms with E-state index < -0.39 is 0 Å². The molecule has 3 atom stereocenters. The first kappa shape index (κ1) is 13.8. The smallest absolute Gasteiger partial charge is 0.179 e. The molecule has 2 saturated heterocycles. The van der Waals surface area contributed by atoms with Gasteiger partial charge in [-0.2, -0.15) is 5.10 Å². The number of hydrogen-bond acceptors (Lipinski definition) is 5. The van der Waals surface area contributed by atoms with Crippen molar-refractivity contribution >= 4 is 0 Å². The lowest BCUT2D eigenvalue weighted by Crippen LogP contribution is -2.41. The molecular formula is C16H21N5O. The Bertz CT molecular complexity index is 628. The summed E-state index contributed by atoms with van der Waals surface area (Å²) in [6, 6.07) is 6.09. The second-order valence-electron chi connectivity index (χ2n) is 6.28. The Kier molecular flexibility index (Phi) is 3.63. The van der Waals surface area contributed by atoms with Gasteiger partial charge in [-0.25, -0.2) is 4.98 Å². The van der Waals surface area contributed by atoms with Gasteiger partial charge in [0.15, 0.2) is 5.82 Å². The number of ether oxygens (including phenoxy) is 1. The molecule has 4 heterocycles. The summed E-state index contributed by atoms with van der Waals surface area (Å²) in [7, 11) is 0. The van der Waals surface area contributed by atoms with E-state index in [1.165, 1.54) is 6.42 Å². The molecule has 0 unspecified atom stereocenters. The molecule has 1 N–H and O–H groups in total. The molecule has 0 aliphatic carbocycles. The highest BCUT2D eigenvalue weighted by Crippen LogP contribution is 2.40. The summed E-state index contributed by atoms with van der Waals surface area (Å²) in [6.45, 7) is 4.91. The summed E-state index contributed by atoms with van der Waals surface area (Å²) < 4.78 is 6.23. The normalized spacial score (nSPS) is 28.7. The van der Waals surface area contributed by atoms with E-state index in [4.69, 9.17) is 4.74 Å². The molecule has 0 amide bonds. The Hall–Kier alpha value is -1.79. The predicted octanol–water partition coefficient (Wildman–Crippen LogP) is 1.86. The molecule has 0 spiro atoms. The summed E-state index contributed by atoms with van der Waals surface area (Å²) >= 11 is 0. The molecule has 22 heavy (non-hydrogen) atoms. The molecule has 4 rings (SSSR count). The molecule has 6 heteroatoms. The quantitative estimate of drug-likeness (QED) is 0.937. The summed E-state index contributed by atoms with van der Waals surface area (Å²) in [5.41, 5.74) is 1.13. The molecule has 6 nitrogen and oxygen atoms in total. The fourth-order valence-electron chi connectivity index (χ4n) is 3.53. The van der Waals surface area contributed by atoms with Gasteiger partial charge in [0.1, 0.15) is 11.9 Å². The van der Waals surface area contributed by atoms with Gasteiger partial charge in [0.05, 0.1) is 11.8 Å². The van der Waals surface area contributed by atoms with Crippen molar-refractivity contribution in [2.75, 3.05) is 13.1 Å². The first-order valence-electron chi connectivity index (χ1n) is 7.94. The van der Waals surface area contributed by atoms with E-state index in [-0.39, 0.29) is 6.10 Å². The highest BCUT2D eigenvalue weighted by molar-refractivity contribution is 5.04. The molecule has 116 valence electrons. The van der Waals surface area contributed by atoms with E-state index in [2.05, 4.69) is 31.1 Å². The fourth-order valence-corrected chi connectivity index (χ4v) is 3.53. The van der Waals surface area contributed by atoms with Gasteiger partial charge in [-0.3, -0.25) is 15.0 Å². The number of fused-ring (bicyclic) bond motifs is 1. The molecule has 2 aromatic heterocycles. The van der Waals surface area contributed by atoms with Crippen LogP contribution >= 0.6 is 0 Å². The van der Waals surface area contributed by atoms with Gasteiger partial charge in [-0.05, 0) is 44.4 Å². The third-order valence-corrected chi connectivity index (χ3v) is 4.65. The average molecular weight is 299 g/mol. The van der Waals surface area contributed by atoms with E-state index in [0.717, 1.165) is 43.4 Å². The maximum absolute atomic E-state index is 6.23. The number of hydrogen-bond donors (Lipinski definition) is 1. The molecule has 0 saturated carbocycles. The van der Waals surface area contributed by atoms with E-state index >= 15 is 0 Å². The minimum absolute atomic E-state index is 0.0507. The number of aryl methyl sites for hydroxylation is 1. The number of aromatic amines is 1. The lowest BCUT2D eigenvalue weighted by Gasteiger charge is -2.33. The Morgan fingerprint density at radius 2 is 2.36 bits per heavy atom. The maximum atomic E-state index is 6.23. The van der Waals surface area contributed by atoms with Gasteiger partial charge in [0.25, 0.3) is 0 Å². The fraction of sp³-hybridized carbons (Fsp3) is 0.562. The zero-order valence-corrected chi connectivity index (χ0v) is 12.8. The van der Waals surface area contributed by atoms with Crippen LogP contribution in [0.3, 0.4) is 0 Å². The largest absolute Gasteiger partial charge is 0.365 e. The van der Waals surface area contributed by atoms with Crippen LogP contribution in [0.5, 0.6) is 0 Å². The Morgan fingerprint density at radius 1 is 1.41 bits per heavy atom. The van der Waals surface area contributed by atoms with E-state index in [1.54, 1.807) is 0 Å². The molecule has 0 radical (unpaired) electrons. The van der Waals surface area contributed by atoms with Crippen LogP contribution < -0.4 is 0 Å². The van der Waals surface area contributed by atoms with Crippen LogP contribution in [-0.4, -0.2) is 44.3 Å². The van der Waals surface area contributed by atoms with Crippen molar-refractivity contribution < 1.29 is 4.74 Å². The van der Waals surface area contributed by atoms with Crippen LogP contribution in [0.15, 0.2) is 24.4 Å². The molecular weight excluding hydrogens is 278 g/mol. The summed E-state index contributed by atoms with van der Waals surface area (Å²) in [5, 5.41) is 7.17. The van der Waals surface area contributed by atoms with Crippen LogP contribution in [0.25, 0.3) is 0 Å². The van der Waals surface area contributed by atoms with Gasteiger partial charge >= 0.3 is 0 Å². The Labute approximate surface area is 129 Å². The van der Waals surface area contributed by atoms with Crippen LogP contribution in [0, 0.1) is 12.8 Å². The van der Waals surface area contributed by atoms with Gasteiger partial charge in [-0.1, -0.05) is 6.07 Å². The number of likely N-dealkylation sites (tertiary alicyclic amines) is 1. The highest BCUT2D eigenvalue weighted by atomic mass is 16.5. The third kappa shape index (κ3) is 2.76. The van der Waals surface area contributed by atoms with Crippen molar-refractivity contribution in [3.05, 3.63) is 41.7 Å². The zero-order chi connectivity index (χ0) is 14.9. The minimum Gasteiger partial charge on any atom is -0.365 e. The molecule has 0 bridgehead atoms.